The predicted octanol–water partition coefficient (Wildman–Crippen LogP) is 4.65. The molecule has 3 amide bonds. The summed E-state index contributed by atoms with van der Waals surface area (Å²) in [7, 11) is 2.00. The molecule has 0 spiro atoms. The van der Waals surface area contributed by atoms with Crippen LogP contribution in [0.15, 0.2) is 91.5 Å². The molecule has 10 nitrogen and oxygen atoms in total. The number of benzene rings is 3. The summed E-state index contributed by atoms with van der Waals surface area (Å²) in [4.78, 5) is 42.0. The number of hydrogen-bond donors (Lipinski definition) is 2. The number of carbonyl (C=O) groups is 3. The minimum atomic E-state index is -1.04. The zero-order chi connectivity index (χ0) is 31.9. The van der Waals surface area contributed by atoms with E-state index in [0.29, 0.717) is 24.3 Å². The van der Waals surface area contributed by atoms with Crippen molar-refractivity contribution in [1.29, 1.82) is 0 Å². The molecule has 5 unspecified atom stereocenters. The Balaban J connectivity index is 1.32. The number of ether oxygens (including phenoxy) is 3. The Morgan fingerprint density at radius 1 is 1.04 bits per heavy atom. The number of hydrogen-bond acceptors (Lipinski definition) is 8. The molecule has 0 bridgehead atoms. The molecular weight excluding hydrogens is 574 g/mol. The molecule has 2 aliphatic heterocycles. The predicted molar refractivity (Wildman–Crippen MR) is 168 cm³/mol. The summed E-state index contributed by atoms with van der Waals surface area (Å²) in [6, 6.07) is 22.8. The minimum Gasteiger partial charge on any atom is -0.445 e. The molecular formula is C35H39N3O7. The number of nitrogens with one attached hydrogen (secondary N) is 1. The first-order chi connectivity index (χ1) is 21.8. The van der Waals surface area contributed by atoms with Crippen LogP contribution in [0.25, 0.3) is 0 Å². The molecule has 2 saturated heterocycles. The molecule has 5 rings (SSSR count). The lowest BCUT2D eigenvalue weighted by Gasteiger charge is -2.42. The van der Waals surface area contributed by atoms with Crippen molar-refractivity contribution in [3.63, 3.8) is 0 Å². The minimum absolute atomic E-state index is 0.00751. The van der Waals surface area contributed by atoms with Gasteiger partial charge in [0.1, 0.15) is 12.6 Å². The van der Waals surface area contributed by atoms with Crippen molar-refractivity contribution in [3.05, 3.63) is 114 Å². The second-order valence-corrected chi connectivity index (χ2v) is 11.5. The lowest BCUT2D eigenvalue weighted by Crippen LogP contribution is -2.43. The van der Waals surface area contributed by atoms with Crippen molar-refractivity contribution >= 4 is 23.6 Å². The van der Waals surface area contributed by atoms with Gasteiger partial charge in [0.25, 0.3) is 5.91 Å². The average molecular weight is 614 g/mol. The van der Waals surface area contributed by atoms with Gasteiger partial charge in [-0.05, 0) is 35.9 Å². The SMILES string of the molecule is C=CCN(C)CC1OC(c2cccc(N3C(=O)CC(NC(=O)OCc4ccccc4)C3=O)c2)OC(c2ccc(CO)cc2)C1C. The molecule has 2 fully saturated rings. The molecule has 2 heterocycles. The van der Waals surface area contributed by atoms with Gasteiger partial charge in [0.2, 0.25) is 5.91 Å². The Morgan fingerprint density at radius 3 is 2.51 bits per heavy atom. The third kappa shape index (κ3) is 7.66. The maximum absolute atomic E-state index is 13.3. The first kappa shape index (κ1) is 32.1. The maximum atomic E-state index is 13.3. The normalized spacial score (nSPS) is 23.3. The first-order valence-corrected chi connectivity index (χ1v) is 15.0. The molecule has 3 aromatic carbocycles. The number of carbonyl (C=O) groups excluding carboxylic acids is 3. The molecule has 10 heteroatoms. The maximum Gasteiger partial charge on any atom is 0.408 e. The molecule has 236 valence electrons. The Kier molecular flexibility index (Phi) is 10.4. The Bertz CT molecular complexity index is 1500. The van der Waals surface area contributed by atoms with Gasteiger partial charge in [-0.2, -0.15) is 0 Å². The third-order valence-corrected chi connectivity index (χ3v) is 8.11. The monoisotopic (exact) mass is 613 g/mol. The van der Waals surface area contributed by atoms with E-state index in [4.69, 9.17) is 14.2 Å². The van der Waals surface area contributed by atoms with Crippen LogP contribution in [0.1, 0.15) is 48.0 Å². The van der Waals surface area contributed by atoms with Crippen LogP contribution in [0, 0.1) is 5.92 Å². The van der Waals surface area contributed by atoms with Crippen LogP contribution in [0.4, 0.5) is 10.5 Å². The van der Waals surface area contributed by atoms with Gasteiger partial charge < -0.3 is 29.5 Å². The van der Waals surface area contributed by atoms with Crippen molar-refractivity contribution in [2.45, 2.75) is 51.1 Å². The summed E-state index contributed by atoms with van der Waals surface area (Å²) in [5.74, 6) is -0.985. The highest BCUT2D eigenvalue weighted by atomic mass is 16.7. The molecule has 0 aliphatic carbocycles. The number of rotatable bonds is 11. The van der Waals surface area contributed by atoms with Gasteiger partial charge in [-0.15, -0.1) is 6.58 Å². The fourth-order valence-corrected chi connectivity index (χ4v) is 5.66. The number of likely N-dealkylation sites (N-methyl/N-ethyl adjacent to an activating group) is 1. The van der Waals surface area contributed by atoms with E-state index in [1.54, 1.807) is 18.2 Å². The Labute approximate surface area is 263 Å². The van der Waals surface area contributed by atoms with Crippen LogP contribution in [0.5, 0.6) is 0 Å². The number of alkyl carbamates (subject to hydrolysis) is 1. The zero-order valence-corrected chi connectivity index (χ0v) is 25.5. The van der Waals surface area contributed by atoms with Crippen LogP contribution in [0.2, 0.25) is 0 Å². The van der Waals surface area contributed by atoms with Crippen molar-refractivity contribution in [3.8, 4) is 0 Å². The van der Waals surface area contributed by atoms with Gasteiger partial charge in [-0.1, -0.05) is 79.7 Å². The summed E-state index contributed by atoms with van der Waals surface area (Å²) < 4.78 is 18.3. The molecule has 2 N–H and O–H groups in total. The van der Waals surface area contributed by atoms with Gasteiger partial charge in [0.15, 0.2) is 6.29 Å². The standard InChI is InChI=1S/C35H39N3O7/c1-4-17-37(3)20-30-23(2)32(26-15-13-24(21-39)14-16-26)45-34(44-30)27-11-8-12-28(18-27)38-31(40)19-29(33(38)41)36-35(42)43-22-25-9-6-5-7-10-25/h4-16,18,23,29-30,32,34,39H,1,17,19-22H2,2-3H3,(H,36,42). The molecule has 0 aromatic heterocycles. The van der Waals surface area contributed by atoms with Crippen LogP contribution >= 0.6 is 0 Å². The Morgan fingerprint density at radius 2 is 1.80 bits per heavy atom. The fraction of sp³-hybridized carbons (Fsp3) is 0.343. The van der Waals surface area contributed by atoms with Crippen LogP contribution < -0.4 is 10.2 Å². The Hall–Kier alpha value is -4.35. The van der Waals surface area contributed by atoms with Gasteiger partial charge in [0.05, 0.1) is 30.9 Å². The number of anilines is 1. The number of amides is 3. The third-order valence-electron chi connectivity index (χ3n) is 8.11. The van der Waals surface area contributed by atoms with Gasteiger partial charge >= 0.3 is 6.09 Å². The largest absolute Gasteiger partial charge is 0.445 e. The summed E-state index contributed by atoms with van der Waals surface area (Å²) in [6.07, 6.45) is -0.408. The smallest absolute Gasteiger partial charge is 0.408 e. The lowest BCUT2D eigenvalue weighted by atomic mass is 9.90. The van der Waals surface area contributed by atoms with E-state index in [2.05, 4.69) is 23.7 Å². The molecule has 2 aliphatic rings. The average Bonchev–Trinajstić information content (AvgIpc) is 3.33. The summed E-state index contributed by atoms with van der Waals surface area (Å²) in [5.41, 5.74) is 3.58. The van der Waals surface area contributed by atoms with E-state index in [9.17, 15) is 19.5 Å². The van der Waals surface area contributed by atoms with Crippen molar-refractivity contribution in [2.75, 3.05) is 25.0 Å². The number of aliphatic hydroxyl groups is 1. The first-order valence-electron chi connectivity index (χ1n) is 15.0. The number of aliphatic hydroxyl groups excluding tert-OH is 1. The summed E-state index contributed by atoms with van der Waals surface area (Å²) >= 11 is 0. The van der Waals surface area contributed by atoms with Gasteiger partial charge in [-0.3, -0.25) is 9.59 Å². The summed E-state index contributed by atoms with van der Waals surface area (Å²) in [6.45, 7) is 7.25. The fourth-order valence-electron chi connectivity index (χ4n) is 5.66. The van der Waals surface area contributed by atoms with Crippen molar-refractivity contribution in [2.24, 2.45) is 5.92 Å². The van der Waals surface area contributed by atoms with Crippen molar-refractivity contribution < 1.29 is 33.7 Å². The van der Waals surface area contributed by atoms with E-state index in [1.807, 2.05) is 73.8 Å². The van der Waals surface area contributed by atoms with Gasteiger partial charge in [-0.25, -0.2) is 9.69 Å². The van der Waals surface area contributed by atoms with Crippen molar-refractivity contribution in [1.82, 2.24) is 10.2 Å². The zero-order valence-electron chi connectivity index (χ0n) is 25.5. The highest BCUT2D eigenvalue weighted by Gasteiger charge is 2.42. The summed E-state index contributed by atoms with van der Waals surface area (Å²) in [5, 5.41) is 12.0. The second kappa shape index (κ2) is 14.6. The van der Waals surface area contributed by atoms with Gasteiger partial charge in [0, 0.05) is 24.6 Å². The van der Waals surface area contributed by atoms with Crippen LogP contribution in [-0.4, -0.2) is 60.2 Å². The van der Waals surface area contributed by atoms with E-state index >= 15 is 0 Å². The molecule has 0 radical (unpaired) electrons. The van der Waals surface area contributed by atoms with E-state index in [0.717, 1.165) is 21.6 Å². The highest BCUT2D eigenvalue weighted by Crippen LogP contribution is 2.42. The van der Waals surface area contributed by atoms with E-state index in [1.165, 1.54) is 0 Å². The lowest BCUT2D eigenvalue weighted by molar-refractivity contribution is -0.275. The molecule has 5 atom stereocenters. The quantitative estimate of drug-likeness (QED) is 0.237. The molecule has 3 aromatic rings. The van der Waals surface area contributed by atoms with Crippen LogP contribution in [0.3, 0.4) is 0 Å². The number of imide groups is 1. The topological polar surface area (TPSA) is 118 Å². The van der Waals surface area contributed by atoms with Crippen LogP contribution in [-0.2, 0) is 37.0 Å². The number of nitrogens with zero attached hydrogens (tertiary/aromatic N) is 2. The van der Waals surface area contributed by atoms with E-state index < -0.39 is 30.2 Å². The molecule has 0 saturated carbocycles. The second-order valence-electron chi connectivity index (χ2n) is 11.5. The molecule has 45 heavy (non-hydrogen) atoms. The highest BCUT2D eigenvalue weighted by molar-refractivity contribution is 6.22. The van der Waals surface area contributed by atoms with E-state index in [-0.39, 0.29) is 37.8 Å².